The Hall–Kier alpha value is -2.34. The van der Waals surface area contributed by atoms with Crippen molar-refractivity contribution in [3.63, 3.8) is 0 Å². The van der Waals surface area contributed by atoms with Gasteiger partial charge in [-0.25, -0.2) is 4.79 Å². The van der Waals surface area contributed by atoms with Crippen LogP contribution in [-0.4, -0.2) is 83.0 Å². The highest BCUT2D eigenvalue weighted by Gasteiger charge is 2.48. The molecule has 4 rings (SSSR count). The zero-order valence-electron chi connectivity index (χ0n) is 26.2. The average Bonchev–Trinajstić information content (AvgIpc) is 3.21. The minimum atomic E-state index is -4.70. The number of carbonyl (C=O) groups excluding carboxylic acids is 2. The normalized spacial score (nSPS) is 19.6. The van der Waals surface area contributed by atoms with Crippen LogP contribution in [0.25, 0.3) is 0 Å². The van der Waals surface area contributed by atoms with Crippen molar-refractivity contribution < 1.29 is 31.7 Å². The van der Waals surface area contributed by atoms with E-state index in [1.54, 1.807) is 39.0 Å². The van der Waals surface area contributed by atoms with Gasteiger partial charge >= 0.3 is 12.3 Å². The quantitative estimate of drug-likeness (QED) is 0.296. The lowest BCUT2D eigenvalue weighted by atomic mass is 9.83. The molecule has 2 heterocycles. The van der Waals surface area contributed by atoms with Gasteiger partial charge in [-0.3, -0.25) is 13.9 Å². The highest BCUT2D eigenvalue weighted by molar-refractivity contribution is 7.85. The zero-order chi connectivity index (χ0) is 33.4. The second-order valence-corrected chi connectivity index (χ2v) is 15.6. The molecule has 2 amide bonds. The molecule has 0 saturated carbocycles. The summed E-state index contributed by atoms with van der Waals surface area (Å²) in [6, 6.07) is 12.8. The number of amides is 2. The van der Waals surface area contributed by atoms with Gasteiger partial charge < -0.3 is 14.5 Å². The van der Waals surface area contributed by atoms with Crippen molar-refractivity contribution in [2.24, 2.45) is 0 Å². The molecule has 45 heavy (non-hydrogen) atoms. The van der Waals surface area contributed by atoms with E-state index in [1.807, 2.05) is 18.2 Å². The summed E-state index contributed by atoms with van der Waals surface area (Å²) in [4.78, 5) is 30.9. The fraction of sp³-hybridized carbons (Fsp3) is 0.562. The Bertz CT molecular complexity index is 1440. The summed E-state index contributed by atoms with van der Waals surface area (Å²) < 4.78 is 58.3. The Morgan fingerprint density at radius 2 is 1.67 bits per heavy atom. The lowest BCUT2D eigenvalue weighted by Crippen LogP contribution is -2.57. The molecule has 0 aromatic heterocycles. The minimum absolute atomic E-state index is 0.197. The molecule has 248 valence electrons. The van der Waals surface area contributed by atoms with Crippen LogP contribution in [0, 0.1) is 0 Å². The lowest BCUT2D eigenvalue weighted by molar-refractivity contribution is -0.161. The molecule has 1 saturated heterocycles. The lowest BCUT2D eigenvalue weighted by Gasteiger charge is -2.46. The molecule has 2 aliphatic rings. The van der Waals surface area contributed by atoms with Gasteiger partial charge in [0.15, 0.2) is 0 Å². The molecule has 0 bridgehead atoms. The standard InChI is InChI=1S/C32H40Cl2F3N3O4S/c1-29(2,3)44-28(42)39(5)30(23-10-11-25(33)26(34)18-23,21-38(4)27(41)19-32(35,36)37)12-15-40-16-13-31(14-17-40)24-9-7-6-8-22(24)20-45(31)43/h6-11,18H,12-17,19-21H2,1-5H3/t30?,45-/m0/s1. The van der Waals surface area contributed by atoms with Crippen molar-refractivity contribution in [2.75, 3.05) is 40.3 Å². The molecule has 2 aromatic rings. The topological polar surface area (TPSA) is 70.2 Å². The van der Waals surface area contributed by atoms with Crippen molar-refractivity contribution in [3.05, 3.63) is 69.2 Å². The highest BCUT2D eigenvalue weighted by Crippen LogP contribution is 2.47. The average molecular weight is 691 g/mol. The molecule has 0 aliphatic carbocycles. The first kappa shape index (κ1) is 35.5. The number of ether oxygens (including phenoxy) is 1. The van der Waals surface area contributed by atoms with E-state index in [0.717, 1.165) is 16.0 Å². The molecule has 1 fully saturated rings. The first-order valence-corrected chi connectivity index (χ1v) is 16.9. The third-order valence-corrected chi connectivity index (χ3v) is 11.6. The summed E-state index contributed by atoms with van der Waals surface area (Å²) >= 11 is 12.7. The van der Waals surface area contributed by atoms with Crippen LogP contribution in [0.5, 0.6) is 0 Å². The van der Waals surface area contributed by atoms with Crippen molar-refractivity contribution in [1.82, 2.24) is 14.7 Å². The van der Waals surface area contributed by atoms with Crippen molar-refractivity contribution in [3.8, 4) is 0 Å². The van der Waals surface area contributed by atoms with Gasteiger partial charge in [-0.1, -0.05) is 53.5 Å². The van der Waals surface area contributed by atoms with Crippen LogP contribution in [0.4, 0.5) is 18.0 Å². The van der Waals surface area contributed by atoms with Crippen LogP contribution in [0.3, 0.4) is 0 Å². The number of nitrogens with zero attached hydrogens (tertiary/aromatic N) is 3. The van der Waals surface area contributed by atoms with Gasteiger partial charge in [0.2, 0.25) is 5.91 Å². The van der Waals surface area contributed by atoms with Gasteiger partial charge in [-0.15, -0.1) is 0 Å². The van der Waals surface area contributed by atoms with E-state index in [2.05, 4.69) is 11.0 Å². The van der Waals surface area contributed by atoms with E-state index in [-0.39, 0.29) is 23.0 Å². The second-order valence-electron chi connectivity index (χ2n) is 13.0. The van der Waals surface area contributed by atoms with E-state index in [1.165, 1.54) is 19.0 Å². The molecule has 2 atom stereocenters. The third-order valence-electron chi connectivity index (χ3n) is 8.78. The predicted molar refractivity (Wildman–Crippen MR) is 171 cm³/mol. The number of halogens is 5. The predicted octanol–water partition coefficient (Wildman–Crippen LogP) is 7.11. The van der Waals surface area contributed by atoms with Gasteiger partial charge in [-0.05, 0) is 81.9 Å². The van der Waals surface area contributed by atoms with Crippen LogP contribution in [-0.2, 0) is 36.4 Å². The molecule has 0 radical (unpaired) electrons. The first-order valence-electron chi connectivity index (χ1n) is 14.8. The Morgan fingerprint density at radius 1 is 1.02 bits per heavy atom. The van der Waals surface area contributed by atoms with Gasteiger partial charge in [-0.2, -0.15) is 13.2 Å². The molecule has 2 aromatic carbocycles. The van der Waals surface area contributed by atoms with Crippen molar-refractivity contribution in [1.29, 1.82) is 0 Å². The van der Waals surface area contributed by atoms with Crippen LogP contribution in [0.15, 0.2) is 42.5 Å². The maximum atomic E-state index is 13.6. The maximum absolute atomic E-state index is 13.6. The Labute approximate surface area is 275 Å². The number of likely N-dealkylation sites (tertiary alicyclic amines) is 1. The highest BCUT2D eigenvalue weighted by atomic mass is 35.5. The summed E-state index contributed by atoms with van der Waals surface area (Å²) in [5, 5.41) is 0.463. The Balaban J connectivity index is 1.67. The van der Waals surface area contributed by atoms with Crippen LogP contribution >= 0.6 is 23.2 Å². The second kappa shape index (κ2) is 13.4. The first-order chi connectivity index (χ1) is 20.9. The van der Waals surface area contributed by atoms with E-state index in [0.29, 0.717) is 43.8 Å². The van der Waals surface area contributed by atoms with E-state index in [4.69, 9.17) is 27.9 Å². The van der Waals surface area contributed by atoms with Gasteiger partial charge in [0, 0.05) is 43.7 Å². The SMILES string of the molecule is CN(CC(CCN1CCC2(CC1)c1ccccc1C[S@@]2=O)(c1ccc(Cl)c(Cl)c1)N(C)C(=O)OC(C)(C)C)C(=O)CC(F)(F)F. The van der Waals surface area contributed by atoms with E-state index < -0.39 is 51.3 Å². The van der Waals surface area contributed by atoms with Crippen molar-refractivity contribution in [2.45, 2.75) is 74.3 Å². The number of likely N-dealkylation sites (N-methyl/N-ethyl adjacent to an activating group) is 2. The fourth-order valence-corrected chi connectivity index (χ4v) is 8.52. The summed E-state index contributed by atoms with van der Waals surface area (Å²) in [5.41, 5.74) is 0.554. The fourth-order valence-electron chi connectivity index (χ4n) is 6.33. The smallest absolute Gasteiger partial charge is 0.410 e. The van der Waals surface area contributed by atoms with E-state index in [9.17, 15) is 27.0 Å². The van der Waals surface area contributed by atoms with E-state index >= 15 is 0 Å². The van der Waals surface area contributed by atoms with Crippen LogP contribution in [0.1, 0.15) is 63.1 Å². The maximum Gasteiger partial charge on any atom is 0.410 e. The third kappa shape index (κ3) is 7.97. The Morgan fingerprint density at radius 3 is 2.27 bits per heavy atom. The molecule has 2 aliphatic heterocycles. The van der Waals surface area contributed by atoms with Gasteiger partial charge in [0.25, 0.3) is 0 Å². The molecule has 1 spiro atoms. The number of hydrogen-bond acceptors (Lipinski definition) is 5. The zero-order valence-corrected chi connectivity index (χ0v) is 28.5. The van der Waals surface area contributed by atoms with Crippen LogP contribution in [0.2, 0.25) is 10.0 Å². The number of carbonyl (C=O) groups is 2. The minimum Gasteiger partial charge on any atom is -0.444 e. The molecular weight excluding hydrogens is 650 g/mol. The number of fused-ring (bicyclic) bond motifs is 2. The Kier molecular flexibility index (Phi) is 10.6. The summed E-state index contributed by atoms with van der Waals surface area (Å²) in [7, 11) is 1.77. The van der Waals surface area contributed by atoms with Gasteiger partial charge in [0.05, 0.1) is 20.3 Å². The largest absolute Gasteiger partial charge is 0.444 e. The number of benzene rings is 2. The summed E-state index contributed by atoms with van der Waals surface area (Å²) in [6.07, 6.45) is -5.44. The molecular formula is C32H40Cl2F3N3O4S. The number of rotatable bonds is 8. The summed E-state index contributed by atoms with van der Waals surface area (Å²) in [5.74, 6) is -0.595. The summed E-state index contributed by atoms with van der Waals surface area (Å²) in [6.45, 7) is 6.59. The molecule has 1 unspecified atom stereocenters. The molecule has 13 heteroatoms. The van der Waals surface area contributed by atoms with Crippen molar-refractivity contribution >= 4 is 46.0 Å². The van der Waals surface area contributed by atoms with Crippen LogP contribution < -0.4 is 0 Å². The number of alkyl halides is 3. The number of hydrogen-bond donors (Lipinski definition) is 0. The monoisotopic (exact) mass is 689 g/mol. The van der Waals surface area contributed by atoms with Gasteiger partial charge in [0.1, 0.15) is 12.0 Å². The molecule has 7 nitrogen and oxygen atoms in total. The number of piperidine rings is 1. The molecule has 0 N–H and O–H groups in total.